The smallest absolute Gasteiger partial charge is 0.404 e. The number of primary amides is 1. The summed E-state index contributed by atoms with van der Waals surface area (Å²) in [5.74, 6) is 0.678. The molecule has 1 fully saturated rings. The molecule has 0 bridgehead atoms. The Morgan fingerprint density at radius 3 is 2.38 bits per heavy atom. The van der Waals surface area contributed by atoms with Crippen molar-refractivity contribution >= 4 is 22.0 Å². The minimum Gasteiger partial charge on any atom is -0.449 e. The lowest BCUT2D eigenvalue weighted by atomic mass is 9.80. The number of hydrogen-bond acceptors (Lipinski definition) is 3. The van der Waals surface area contributed by atoms with Crippen molar-refractivity contribution in [1.29, 1.82) is 0 Å². The van der Waals surface area contributed by atoms with Gasteiger partial charge in [-0.3, -0.25) is 4.90 Å². The number of nitrogens with two attached hydrogens (primary N) is 1. The predicted molar refractivity (Wildman–Crippen MR) is 107 cm³/mol. The highest BCUT2D eigenvalue weighted by molar-refractivity contribution is 9.10. The summed E-state index contributed by atoms with van der Waals surface area (Å²) >= 11 is 3.48. The van der Waals surface area contributed by atoms with Gasteiger partial charge >= 0.3 is 6.09 Å². The number of carbonyl (C=O) groups excluding carboxylic acids is 1. The van der Waals surface area contributed by atoms with Crippen molar-refractivity contribution in [3.8, 4) is 0 Å². The monoisotopic (exact) mass is 416 g/mol. The summed E-state index contributed by atoms with van der Waals surface area (Å²) in [6.07, 6.45) is 1.49. The number of nitrogens with zero attached hydrogens (tertiary/aromatic N) is 1. The van der Waals surface area contributed by atoms with Crippen LogP contribution in [0.1, 0.15) is 29.9 Å². The van der Waals surface area contributed by atoms with Crippen LogP contribution >= 0.6 is 15.9 Å². The van der Waals surface area contributed by atoms with E-state index in [4.69, 9.17) is 10.5 Å². The number of likely N-dealkylation sites (tertiary alicyclic amines) is 1. The third-order valence-corrected chi connectivity index (χ3v) is 5.68. The van der Waals surface area contributed by atoms with Crippen LogP contribution in [0.25, 0.3) is 0 Å². The molecule has 0 saturated carbocycles. The standard InChI is InChI=1S/C21H25BrN2O2/c22-19-8-6-17(7-9-19)20(15-26-21(23)25)18-10-12-24(13-11-18)14-16-4-2-1-3-5-16/h1-9,18,20H,10-15H2,(H2,23,25). The molecule has 0 radical (unpaired) electrons. The summed E-state index contributed by atoms with van der Waals surface area (Å²) in [6.45, 7) is 3.46. The van der Waals surface area contributed by atoms with Crippen molar-refractivity contribution in [3.05, 3.63) is 70.2 Å². The van der Waals surface area contributed by atoms with Crippen LogP contribution < -0.4 is 5.73 Å². The van der Waals surface area contributed by atoms with Gasteiger partial charge in [-0.2, -0.15) is 0 Å². The van der Waals surface area contributed by atoms with E-state index in [9.17, 15) is 4.79 Å². The van der Waals surface area contributed by atoms with Gasteiger partial charge < -0.3 is 10.5 Å². The molecule has 4 nitrogen and oxygen atoms in total. The minimum absolute atomic E-state index is 0.189. The first-order valence-corrected chi connectivity index (χ1v) is 9.85. The number of hydrogen-bond donors (Lipinski definition) is 1. The van der Waals surface area contributed by atoms with E-state index in [2.05, 4.69) is 63.3 Å². The van der Waals surface area contributed by atoms with Gasteiger partial charge in [-0.25, -0.2) is 4.79 Å². The summed E-state index contributed by atoms with van der Waals surface area (Å²) in [5.41, 5.74) is 7.76. The van der Waals surface area contributed by atoms with E-state index in [1.807, 2.05) is 12.1 Å². The molecule has 26 heavy (non-hydrogen) atoms. The first-order valence-electron chi connectivity index (χ1n) is 9.06. The van der Waals surface area contributed by atoms with Gasteiger partial charge in [0.1, 0.15) is 6.61 Å². The summed E-state index contributed by atoms with van der Waals surface area (Å²) in [4.78, 5) is 13.6. The minimum atomic E-state index is -0.700. The highest BCUT2D eigenvalue weighted by atomic mass is 79.9. The zero-order valence-electron chi connectivity index (χ0n) is 14.8. The maximum Gasteiger partial charge on any atom is 0.404 e. The molecular formula is C21H25BrN2O2. The Balaban J connectivity index is 1.62. The van der Waals surface area contributed by atoms with E-state index in [0.717, 1.165) is 36.9 Å². The molecule has 0 spiro atoms. The van der Waals surface area contributed by atoms with Crippen molar-refractivity contribution in [3.63, 3.8) is 0 Å². The van der Waals surface area contributed by atoms with E-state index in [0.29, 0.717) is 12.5 Å². The zero-order chi connectivity index (χ0) is 18.4. The van der Waals surface area contributed by atoms with Crippen molar-refractivity contribution in [2.24, 2.45) is 11.7 Å². The van der Waals surface area contributed by atoms with Gasteiger partial charge in [-0.1, -0.05) is 58.4 Å². The van der Waals surface area contributed by atoms with Gasteiger partial charge in [-0.05, 0) is 55.1 Å². The normalized spacial score (nSPS) is 17.0. The molecule has 1 saturated heterocycles. The second kappa shape index (κ2) is 9.19. The molecule has 2 N–H and O–H groups in total. The van der Waals surface area contributed by atoms with E-state index < -0.39 is 6.09 Å². The molecule has 5 heteroatoms. The Morgan fingerprint density at radius 1 is 1.12 bits per heavy atom. The SMILES string of the molecule is NC(=O)OCC(c1ccc(Br)cc1)C1CCN(Cc2ccccc2)CC1. The fraction of sp³-hybridized carbons (Fsp3) is 0.381. The molecule has 0 aliphatic carbocycles. The lowest BCUT2D eigenvalue weighted by Gasteiger charge is -2.36. The van der Waals surface area contributed by atoms with Crippen LogP contribution in [0.5, 0.6) is 0 Å². The molecule has 0 aromatic heterocycles. The maximum atomic E-state index is 11.1. The molecule has 1 unspecified atom stereocenters. The van der Waals surface area contributed by atoms with Crippen molar-refractivity contribution in [2.75, 3.05) is 19.7 Å². The Morgan fingerprint density at radius 2 is 1.77 bits per heavy atom. The third-order valence-electron chi connectivity index (χ3n) is 5.15. The van der Waals surface area contributed by atoms with Crippen molar-refractivity contribution < 1.29 is 9.53 Å². The average Bonchev–Trinajstić information content (AvgIpc) is 2.65. The van der Waals surface area contributed by atoms with Crippen LogP contribution in [0, 0.1) is 5.92 Å². The number of benzene rings is 2. The second-order valence-corrected chi connectivity index (χ2v) is 7.80. The van der Waals surface area contributed by atoms with Gasteiger partial charge in [0.25, 0.3) is 0 Å². The molecule has 1 aliphatic rings. The number of rotatable bonds is 6. The lowest BCUT2D eigenvalue weighted by molar-refractivity contribution is 0.112. The molecule has 1 amide bonds. The number of amides is 1. The Bertz CT molecular complexity index is 698. The average molecular weight is 417 g/mol. The number of ether oxygens (including phenoxy) is 1. The third kappa shape index (κ3) is 5.32. The summed E-state index contributed by atoms with van der Waals surface area (Å²) in [5, 5.41) is 0. The van der Waals surface area contributed by atoms with E-state index in [1.54, 1.807) is 0 Å². The van der Waals surface area contributed by atoms with E-state index in [1.165, 1.54) is 11.1 Å². The number of halogens is 1. The van der Waals surface area contributed by atoms with Crippen LogP contribution in [0.2, 0.25) is 0 Å². The molecule has 1 atom stereocenters. The Labute approximate surface area is 163 Å². The second-order valence-electron chi connectivity index (χ2n) is 6.89. The van der Waals surface area contributed by atoms with Crippen LogP contribution in [-0.2, 0) is 11.3 Å². The molecule has 2 aromatic rings. The van der Waals surface area contributed by atoms with Crippen LogP contribution in [0.4, 0.5) is 4.79 Å². The van der Waals surface area contributed by atoms with Crippen LogP contribution in [0.15, 0.2) is 59.1 Å². The predicted octanol–water partition coefficient (Wildman–Crippen LogP) is 4.54. The highest BCUT2D eigenvalue weighted by Crippen LogP contribution is 2.34. The topological polar surface area (TPSA) is 55.6 Å². The van der Waals surface area contributed by atoms with Gasteiger partial charge in [0.15, 0.2) is 0 Å². The Kier molecular flexibility index (Phi) is 6.69. The first kappa shape index (κ1) is 18.9. The largest absolute Gasteiger partial charge is 0.449 e. The fourth-order valence-corrected chi connectivity index (χ4v) is 4.01. The van der Waals surface area contributed by atoms with Crippen molar-refractivity contribution in [1.82, 2.24) is 4.90 Å². The quantitative estimate of drug-likeness (QED) is 0.751. The molecule has 138 valence electrons. The molecule has 3 rings (SSSR count). The summed E-state index contributed by atoms with van der Waals surface area (Å²) in [7, 11) is 0. The van der Waals surface area contributed by atoms with Crippen LogP contribution in [-0.4, -0.2) is 30.7 Å². The fourth-order valence-electron chi connectivity index (χ4n) is 3.74. The number of carbonyl (C=O) groups is 1. The lowest BCUT2D eigenvalue weighted by Crippen LogP contribution is -2.36. The first-order chi connectivity index (χ1) is 12.6. The zero-order valence-corrected chi connectivity index (χ0v) is 16.4. The summed E-state index contributed by atoms with van der Waals surface area (Å²) < 4.78 is 6.23. The highest BCUT2D eigenvalue weighted by Gasteiger charge is 2.28. The molecule has 2 aromatic carbocycles. The molecule has 1 heterocycles. The molecular weight excluding hydrogens is 392 g/mol. The van der Waals surface area contributed by atoms with Gasteiger partial charge in [0, 0.05) is 16.9 Å². The van der Waals surface area contributed by atoms with Gasteiger partial charge in [-0.15, -0.1) is 0 Å². The van der Waals surface area contributed by atoms with Crippen molar-refractivity contribution in [2.45, 2.75) is 25.3 Å². The Hall–Kier alpha value is -1.85. The molecule has 1 aliphatic heterocycles. The van der Waals surface area contributed by atoms with Gasteiger partial charge in [0.05, 0.1) is 0 Å². The van der Waals surface area contributed by atoms with E-state index in [-0.39, 0.29) is 5.92 Å². The van der Waals surface area contributed by atoms with Crippen LogP contribution in [0.3, 0.4) is 0 Å². The number of piperidine rings is 1. The van der Waals surface area contributed by atoms with Gasteiger partial charge in [0.2, 0.25) is 0 Å². The van der Waals surface area contributed by atoms with E-state index >= 15 is 0 Å². The maximum absolute atomic E-state index is 11.1. The summed E-state index contributed by atoms with van der Waals surface area (Å²) in [6, 6.07) is 18.9.